The molecule has 1 aliphatic heterocycles. The van der Waals surface area contributed by atoms with E-state index in [-0.39, 0.29) is 18.1 Å². The molecule has 4 nitrogen and oxygen atoms in total. The average Bonchev–Trinajstić information content (AvgIpc) is 2.55. The molecule has 1 aliphatic rings. The summed E-state index contributed by atoms with van der Waals surface area (Å²) in [5.41, 5.74) is 1.23. The normalized spacial score (nSPS) is 20.8. The molecule has 0 radical (unpaired) electrons. The van der Waals surface area contributed by atoms with E-state index in [1.54, 1.807) is 0 Å². The summed E-state index contributed by atoms with van der Waals surface area (Å²) in [5.74, 6) is 0.423. The van der Waals surface area contributed by atoms with Gasteiger partial charge in [-0.25, -0.2) is 0 Å². The van der Waals surface area contributed by atoms with Gasteiger partial charge in [0.25, 0.3) is 0 Å². The molecule has 2 atom stereocenters. The monoisotopic (exact) mass is 335 g/mol. The fourth-order valence-corrected chi connectivity index (χ4v) is 3.04. The summed E-state index contributed by atoms with van der Waals surface area (Å²) in [6, 6.07) is 9.86. The first-order valence-corrected chi connectivity index (χ1v) is 8.93. The second kappa shape index (κ2) is 9.75. The smallest absolute Gasteiger partial charge is 0.230 e. The summed E-state index contributed by atoms with van der Waals surface area (Å²) in [7, 11) is 0. The van der Waals surface area contributed by atoms with E-state index in [9.17, 15) is 4.79 Å². The number of carbonyl (C=O) groups excluding carboxylic acids is 1. The largest absolute Gasteiger partial charge is 0.379 e. The molecule has 1 saturated heterocycles. The highest BCUT2D eigenvalue weighted by atomic mass is 32.2. The van der Waals surface area contributed by atoms with Crippen molar-refractivity contribution in [1.82, 2.24) is 5.32 Å². The molecule has 1 aromatic carbocycles. The fraction of sp³-hybridized carbons (Fsp3) is 0.500. The van der Waals surface area contributed by atoms with Gasteiger partial charge in [-0.2, -0.15) is 0 Å². The van der Waals surface area contributed by atoms with Crippen molar-refractivity contribution in [2.75, 3.05) is 25.6 Å². The molecule has 5 heteroatoms. The van der Waals surface area contributed by atoms with Crippen molar-refractivity contribution in [2.45, 2.75) is 37.3 Å². The standard InChI is InChI=1S/C18H25NO3S/c1-14(2)8-11-22-17-9-10-21-12-16(17)19-18(20)13-23-15-6-4-3-5-7-15/h3-8,16-17H,9-13H2,1-2H3,(H,19,20)/t16-,17+/m1/s1. The Labute approximate surface area is 142 Å². The van der Waals surface area contributed by atoms with Crippen molar-refractivity contribution in [3.63, 3.8) is 0 Å². The van der Waals surface area contributed by atoms with Crippen LogP contribution in [-0.4, -0.2) is 43.6 Å². The molecule has 0 aliphatic carbocycles. The predicted octanol–water partition coefficient (Wildman–Crippen LogP) is 3.04. The summed E-state index contributed by atoms with van der Waals surface area (Å²) in [4.78, 5) is 13.3. The van der Waals surface area contributed by atoms with Gasteiger partial charge in [0, 0.05) is 11.5 Å². The van der Waals surface area contributed by atoms with Gasteiger partial charge in [-0.1, -0.05) is 29.8 Å². The predicted molar refractivity (Wildman–Crippen MR) is 93.7 cm³/mol. The van der Waals surface area contributed by atoms with Crippen LogP contribution in [0.15, 0.2) is 46.9 Å². The lowest BCUT2D eigenvalue weighted by Crippen LogP contribution is -2.51. The highest BCUT2D eigenvalue weighted by Gasteiger charge is 2.27. The number of thioether (sulfide) groups is 1. The van der Waals surface area contributed by atoms with E-state index in [1.807, 2.05) is 44.2 Å². The summed E-state index contributed by atoms with van der Waals surface area (Å²) in [6.45, 7) is 5.88. The Morgan fingerprint density at radius 3 is 2.91 bits per heavy atom. The minimum atomic E-state index is -0.0711. The number of nitrogens with one attached hydrogen (secondary N) is 1. The van der Waals surface area contributed by atoms with Crippen LogP contribution in [0.5, 0.6) is 0 Å². The van der Waals surface area contributed by atoms with Crippen LogP contribution in [0, 0.1) is 0 Å². The molecule has 0 spiro atoms. The van der Waals surface area contributed by atoms with Gasteiger partial charge in [0.05, 0.1) is 31.1 Å². The van der Waals surface area contributed by atoms with E-state index in [0.29, 0.717) is 25.6 Å². The van der Waals surface area contributed by atoms with Crippen molar-refractivity contribution in [3.05, 3.63) is 42.0 Å². The molecule has 126 valence electrons. The van der Waals surface area contributed by atoms with Crippen LogP contribution >= 0.6 is 11.8 Å². The quantitative estimate of drug-likeness (QED) is 0.615. The van der Waals surface area contributed by atoms with Crippen LogP contribution in [0.2, 0.25) is 0 Å². The first-order chi connectivity index (χ1) is 11.1. The molecular formula is C18H25NO3S. The van der Waals surface area contributed by atoms with Gasteiger partial charge in [0.1, 0.15) is 0 Å². The zero-order valence-corrected chi connectivity index (χ0v) is 14.6. The van der Waals surface area contributed by atoms with E-state index in [4.69, 9.17) is 9.47 Å². The number of ether oxygens (including phenoxy) is 2. The molecule has 0 aromatic heterocycles. The Bertz CT molecular complexity index is 514. The molecule has 2 rings (SSSR count). The van der Waals surface area contributed by atoms with Gasteiger partial charge in [-0.3, -0.25) is 4.79 Å². The van der Waals surface area contributed by atoms with Crippen molar-refractivity contribution in [2.24, 2.45) is 0 Å². The summed E-state index contributed by atoms with van der Waals surface area (Å²) in [5, 5.41) is 3.05. The van der Waals surface area contributed by atoms with E-state index in [0.717, 1.165) is 11.3 Å². The minimum absolute atomic E-state index is 0.0185. The lowest BCUT2D eigenvalue weighted by Gasteiger charge is -2.31. The van der Waals surface area contributed by atoms with Crippen LogP contribution in [-0.2, 0) is 14.3 Å². The van der Waals surface area contributed by atoms with Crippen molar-refractivity contribution in [3.8, 4) is 0 Å². The third kappa shape index (κ3) is 6.77. The maximum atomic E-state index is 12.2. The maximum Gasteiger partial charge on any atom is 0.230 e. The number of rotatable bonds is 7. The molecule has 0 bridgehead atoms. The lowest BCUT2D eigenvalue weighted by atomic mass is 10.1. The van der Waals surface area contributed by atoms with Gasteiger partial charge < -0.3 is 14.8 Å². The minimum Gasteiger partial charge on any atom is -0.379 e. The molecule has 1 N–H and O–H groups in total. The van der Waals surface area contributed by atoms with E-state index < -0.39 is 0 Å². The van der Waals surface area contributed by atoms with Crippen LogP contribution < -0.4 is 5.32 Å². The second-order valence-electron chi connectivity index (χ2n) is 5.79. The van der Waals surface area contributed by atoms with Gasteiger partial charge in [-0.05, 0) is 32.4 Å². The van der Waals surface area contributed by atoms with Crippen LogP contribution in [0.4, 0.5) is 0 Å². The van der Waals surface area contributed by atoms with Crippen LogP contribution in [0.3, 0.4) is 0 Å². The van der Waals surface area contributed by atoms with E-state index >= 15 is 0 Å². The molecule has 1 fully saturated rings. The topological polar surface area (TPSA) is 47.6 Å². The summed E-state index contributed by atoms with van der Waals surface area (Å²) < 4.78 is 11.4. The van der Waals surface area contributed by atoms with Crippen LogP contribution in [0.25, 0.3) is 0 Å². The second-order valence-corrected chi connectivity index (χ2v) is 6.84. The Hall–Kier alpha value is -1.30. The van der Waals surface area contributed by atoms with Gasteiger partial charge in [0.15, 0.2) is 0 Å². The molecule has 23 heavy (non-hydrogen) atoms. The summed E-state index contributed by atoms with van der Waals surface area (Å²) >= 11 is 1.54. The Morgan fingerprint density at radius 1 is 1.39 bits per heavy atom. The number of hydrogen-bond donors (Lipinski definition) is 1. The molecular weight excluding hydrogens is 310 g/mol. The molecule has 1 aromatic rings. The zero-order chi connectivity index (χ0) is 16.5. The maximum absolute atomic E-state index is 12.2. The van der Waals surface area contributed by atoms with Gasteiger partial charge in [0.2, 0.25) is 5.91 Å². The number of benzene rings is 1. The first-order valence-electron chi connectivity index (χ1n) is 7.95. The molecule has 0 saturated carbocycles. The highest BCUT2D eigenvalue weighted by Crippen LogP contribution is 2.17. The lowest BCUT2D eigenvalue weighted by molar-refractivity contribution is -0.123. The van der Waals surface area contributed by atoms with E-state index in [1.165, 1.54) is 17.3 Å². The van der Waals surface area contributed by atoms with E-state index in [2.05, 4.69) is 11.4 Å². The first kappa shape index (κ1) is 18.0. The number of carbonyl (C=O) groups is 1. The molecule has 1 amide bonds. The average molecular weight is 335 g/mol. The molecule has 0 unspecified atom stereocenters. The SMILES string of the molecule is CC(C)=CCO[C@H]1CCOC[C@H]1NC(=O)CSc1ccccc1. The van der Waals surface area contributed by atoms with Crippen molar-refractivity contribution >= 4 is 17.7 Å². The Kier molecular flexibility index (Phi) is 7.65. The van der Waals surface area contributed by atoms with Gasteiger partial charge in [-0.15, -0.1) is 11.8 Å². The zero-order valence-electron chi connectivity index (χ0n) is 13.8. The fourth-order valence-electron chi connectivity index (χ4n) is 2.30. The van der Waals surface area contributed by atoms with Gasteiger partial charge >= 0.3 is 0 Å². The molecule has 1 heterocycles. The van der Waals surface area contributed by atoms with Crippen molar-refractivity contribution < 1.29 is 14.3 Å². The number of hydrogen-bond acceptors (Lipinski definition) is 4. The number of amides is 1. The Balaban J connectivity index is 1.78. The van der Waals surface area contributed by atoms with Crippen LogP contribution in [0.1, 0.15) is 20.3 Å². The summed E-state index contributed by atoms with van der Waals surface area (Å²) in [6.07, 6.45) is 2.89. The van der Waals surface area contributed by atoms with Crippen molar-refractivity contribution in [1.29, 1.82) is 0 Å². The highest BCUT2D eigenvalue weighted by molar-refractivity contribution is 8.00. The third-order valence-corrected chi connectivity index (χ3v) is 4.57. The Morgan fingerprint density at radius 2 is 2.17 bits per heavy atom. The third-order valence-electron chi connectivity index (χ3n) is 3.55. The number of allylic oxidation sites excluding steroid dienone is 1.